The number of halogens is 1. The second-order valence-corrected chi connectivity index (χ2v) is 7.05. The number of hydrogen-bond donors (Lipinski definition) is 2. The first-order valence-corrected chi connectivity index (χ1v) is 8.84. The van der Waals surface area contributed by atoms with E-state index in [1.54, 1.807) is 0 Å². The number of nitrogens with one attached hydrogen (secondary N) is 2. The lowest BCUT2D eigenvalue weighted by molar-refractivity contribution is 0.165. The first kappa shape index (κ1) is 15.3. The highest BCUT2D eigenvalue weighted by Crippen LogP contribution is 2.40. The molecule has 2 fully saturated rings. The normalized spacial score (nSPS) is 30.7. The van der Waals surface area contributed by atoms with Gasteiger partial charge >= 0.3 is 0 Å². The zero-order chi connectivity index (χ0) is 14.7. The maximum atomic E-state index is 6.54. The van der Waals surface area contributed by atoms with Crippen molar-refractivity contribution in [2.24, 2.45) is 0 Å². The lowest BCUT2D eigenvalue weighted by Crippen LogP contribution is -2.59. The van der Waals surface area contributed by atoms with Crippen LogP contribution in [0.3, 0.4) is 0 Å². The van der Waals surface area contributed by atoms with Crippen molar-refractivity contribution >= 4 is 11.6 Å². The van der Waals surface area contributed by atoms with Crippen molar-refractivity contribution in [1.29, 1.82) is 0 Å². The molecule has 0 radical (unpaired) electrons. The van der Waals surface area contributed by atoms with Gasteiger partial charge in [0.2, 0.25) is 0 Å². The monoisotopic (exact) mass is 306 g/mol. The quantitative estimate of drug-likeness (QED) is 0.870. The standard InChI is InChI=1S/C18H27ClN2/c1-20-18(15-10-4-5-11-16(15)19)13-7-6-12-17(18)21-14-8-2-3-9-14/h4-5,10-11,14,17,20-21H,2-3,6-9,12-13H2,1H3/t17-,18-/m0/s1. The fourth-order valence-electron chi connectivity index (χ4n) is 4.35. The van der Waals surface area contributed by atoms with Crippen molar-refractivity contribution in [3.63, 3.8) is 0 Å². The summed E-state index contributed by atoms with van der Waals surface area (Å²) in [5, 5.41) is 8.51. The van der Waals surface area contributed by atoms with Crippen molar-refractivity contribution in [3.8, 4) is 0 Å². The van der Waals surface area contributed by atoms with E-state index < -0.39 is 0 Å². The van der Waals surface area contributed by atoms with E-state index in [0.29, 0.717) is 12.1 Å². The van der Waals surface area contributed by atoms with E-state index in [0.717, 1.165) is 11.4 Å². The molecule has 116 valence electrons. The molecule has 21 heavy (non-hydrogen) atoms. The lowest BCUT2D eigenvalue weighted by Gasteiger charge is -2.46. The van der Waals surface area contributed by atoms with Crippen LogP contribution in [0.5, 0.6) is 0 Å². The lowest BCUT2D eigenvalue weighted by atomic mass is 9.72. The van der Waals surface area contributed by atoms with Crippen molar-refractivity contribution < 1.29 is 0 Å². The van der Waals surface area contributed by atoms with Gasteiger partial charge in [-0.3, -0.25) is 0 Å². The summed E-state index contributed by atoms with van der Waals surface area (Å²) in [7, 11) is 2.10. The van der Waals surface area contributed by atoms with Crippen molar-refractivity contribution in [3.05, 3.63) is 34.9 Å². The Morgan fingerprint density at radius 2 is 1.76 bits per heavy atom. The number of hydrogen-bond acceptors (Lipinski definition) is 2. The van der Waals surface area contributed by atoms with Crippen molar-refractivity contribution in [2.45, 2.75) is 69.0 Å². The van der Waals surface area contributed by atoms with E-state index in [-0.39, 0.29) is 5.54 Å². The van der Waals surface area contributed by atoms with Gasteiger partial charge in [-0.15, -0.1) is 0 Å². The first-order valence-electron chi connectivity index (χ1n) is 8.46. The fourth-order valence-corrected chi connectivity index (χ4v) is 4.66. The van der Waals surface area contributed by atoms with E-state index >= 15 is 0 Å². The molecule has 0 heterocycles. The van der Waals surface area contributed by atoms with Crippen LogP contribution < -0.4 is 10.6 Å². The summed E-state index contributed by atoms with van der Waals surface area (Å²) >= 11 is 6.54. The van der Waals surface area contributed by atoms with E-state index in [1.165, 1.54) is 50.5 Å². The van der Waals surface area contributed by atoms with Crippen molar-refractivity contribution in [1.82, 2.24) is 10.6 Å². The van der Waals surface area contributed by atoms with Gasteiger partial charge < -0.3 is 10.6 Å². The molecule has 0 unspecified atom stereocenters. The van der Waals surface area contributed by atoms with Gasteiger partial charge in [-0.25, -0.2) is 0 Å². The summed E-state index contributed by atoms with van der Waals surface area (Å²) in [6.07, 6.45) is 10.4. The third-order valence-corrected chi connectivity index (χ3v) is 5.83. The third kappa shape index (κ3) is 2.99. The zero-order valence-electron chi connectivity index (χ0n) is 13.0. The first-order chi connectivity index (χ1) is 10.3. The van der Waals surface area contributed by atoms with Crippen LogP contribution in [0.1, 0.15) is 56.9 Å². The van der Waals surface area contributed by atoms with E-state index in [9.17, 15) is 0 Å². The van der Waals surface area contributed by atoms with Gasteiger partial charge in [0.1, 0.15) is 0 Å². The van der Waals surface area contributed by atoms with Gasteiger partial charge in [0.15, 0.2) is 0 Å². The molecule has 0 amide bonds. The summed E-state index contributed by atoms with van der Waals surface area (Å²) in [5.41, 5.74) is 1.25. The van der Waals surface area contributed by atoms with E-state index in [4.69, 9.17) is 11.6 Å². The Labute approximate surface area is 133 Å². The predicted octanol–water partition coefficient (Wildman–Crippen LogP) is 4.23. The van der Waals surface area contributed by atoms with Crippen LogP contribution in [-0.2, 0) is 5.54 Å². The van der Waals surface area contributed by atoms with Crippen LogP contribution >= 0.6 is 11.6 Å². The van der Waals surface area contributed by atoms with Crippen LogP contribution in [0.2, 0.25) is 5.02 Å². The molecule has 3 heteroatoms. The number of likely N-dealkylation sites (N-methyl/N-ethyl adjacent to an activating group) is 1. The Balaban J connectivity index is 1.90. The molecular formula is C18H27ClN2. The van der Waals surface area contributed by atoms with Gasteiger partial charge in [-0.05, 0) is 44.4 Å². The Morgan fingerprint density at radius 1 is 1.05 bits per heavy atom. The van der Waals surface area contributed by atoms with Crippen LogP contribution in [0.25, 0.3) is 0 Å². The summed E-state index contributed by atoms with van der Waals surface area (Å²) in [6.45, 7) is 0. The minimum Gasteiger partial charge on any atom is -0.309 e. The average molecular weight is 307 g/mol. The molecule has 2 aliphatic rings. The molecular weight excluding hydrogens is 280 g/mol. The summed E-state index contributed by atoms with van der Waals surface area (Å²) < 4.78 is 0. The maximum Gasteiger partial charge on any atom is 0.0602 e. The van der Waals surface area contributed by atoms with Crippen molar-refractivity contribution in [2.75, 3.05) is 7.05 Å². The van der Waals surface area contributed by atoms with E-state index in [2.05, 4.69) is 29.8 Å². The molecule has 0 saturated heterocycles. The molecule has 0 aromatic heterocycles. The van der Waals surface area contributed by atoms with Crippen LogP contribution in [-0.4, -0.2) is 19.1 Å². The summed E-state index contributed by atoms with van der Waals surface area (Å²) in [4.78, 5) is 0. The van der Waals surface area contributed by atoms with Gasteiger partial charge in [-0.2, -0.15) is 0 Å². The molecule has 3 rings (SSSR count). The Kier molecular flexibility index (Phi) is 4.88. The number of benzene rings is 1. The molecule has 2 N–H and O–H groups in total. The molecule has 1 aromatic carbocycles. The van der Waals surface area contributed by atoms with Crippen LogP contribution in [0.15, 0.2) is 24.3 Å². The molecule has 1 aromatic rings. The Bertz CT molecular complexity index is 470. The fraction of sp³-hybridized carbons (Fsp3) is 0.667. The van der Waals surface area contributed by atoms with Crippen LogP contribution in [0, 0.1) is 0 Å². The average Bonchev–Trinajstić information content (AvgIpc) is 3.02. The largest absolute Gasteiger partial charge is 0.309 e. The molecule has 2 nitrogen and oxygen atoms in total. The Hall–Kier alpha value is -0.570. The second kappa shape index (κ2) is 6.68. The highest BCUT2D eigenvalue weighted by atomic mass is 35.5. The molecule has 0 bridgehead atoms. The van der Waals surface area contributed by atoms with Gasteiger partial charge in [0.25, 0.3) is 0 Å². The summed E-state index contributed by atoms with van der Waals surface area (Å²) in [5.74, 6) is 0. The third-order valence-electron chi connectivity index (χ3n) is 5.50. The van der Waals surface area contributed by atoms with Gasteiger partial charge in [-0.1, -0.05) is 55.5 Å². The van der Waals surface area contributed by atoms with E-state index in [1.807, 2.05) is 12.1 Å². The Morgan fingerprint density at radius 3 is 2.48 bits per heavy atom. The van der Waals surface area contributed by atoms with Gasteiger partial charge in [0.05, 0.1) is 5.54 Å². The second-order valence-electron chi connectivity index (χ2n) is 6.65. The highest BCUT2D eigenvalue weighted by molar-refractivity contribution is 6.31. The smallest absolute Gasteiger partial charge is 0.0602 e. The minimum atomic E-state index is -0.0147. The zero-order valence-corrected chi connectivity index (χ0v) is 13.8. The topological polar surface area (TPSA) is 24.1 Å². The van der Waals surface area contributed by atoms with Crippen LogP contribution in [0.4, 0.5) is 0 Å². The summed E-state index contributed by atoms with van der Waals surface area (Å²) in [6, 6.07) is 9.55. The molecule has 2 aliphatic carbocycles. The molecule has 0 aliphatic heterocycles. The molecule has 2 saturated carbocycles. The SMILES string of the molecule is CN[C@]1(c2ccccc2Cl)CCCC[C@@H]1NC1CCCC1. The number of rotatable bonds is 4. The molecule has 0 spiro atoms. The minimum absolute atomic E-state index is 0.0147. The molecule has 2 atom stereocenters. The van der Waals surface area contributed by atoms with Gasteiger partial charge in [0, 0.05) is 17.1 Å². The maximum absolute atomic E-state index is 6.54. The highest BCUT2D eigenvalue weighted by Gasteiger charge is 2.42. The predicted molar refractivity (Wildman–Crippen MR) is 89.8 cm³/mol.